The van der Waals surface area contributed by atoms with Crippen molar-refractivity contribution in [1.82, 2.24) is 5.32 Å². The number of benzene rings is 1. The molecular weight excluding hydrogens is 400 g/mol. The van der Waals surface area contributed by atoms with Crippen LogP contribution >= 0.6 is 27.7 Å². The van der Waals surface area contributed by atoms with Crippen LogP contribution in [0.1, 0.15) is 19.4 Å². The van der Waals surface area contributed by atoms with Gasteiger partial charge < -0.3 is 14.8 Å². The molecule has 7 nitrogen and oxygen atoms in total. The highest BCUT2D eigenvalue weighted by Gasteiger charge is 2.23. The Morgan fingerprint density at radius 3 is 2.62 bits per heavy atom. The monoisotopic (exact) mass is 412 g/mol. The number of amides is 2. The van der Waals surface area contributed by atoms with Gasteiger partial charge in [0.25, 0.3) is 5.91 Å². The summed E-state index contributed by atoms with van der Waals surface area (Å²) in [5.74, 6) is -0.624. The van der Waals surface area contributed by atoms with Crippen LogP contribution in [0.5, 0.6) is 11.5 Å². The molecule has 2 rings (SSSR count). The average Bonchev–Trinajstić information content (AvgIpc) is 2.80. The van der Waals surface area contributed by atoms with E-state index < -0.39 is 11.9 Å². The summed E-state index contributed by atoms with van der Waals surface area (Å²) in [5.41, 5.74) is 0.643. The molecule has 24 heavy (non-hydrogen) atoms. The molecule has 0 radical (unpaired) electrons. The third kappa shape index (κ3) is 4.45. The lowest BCUT2D eigenvalue weighted by Crippen LogP contribution is -2.23. The predicted octanol–water partition coefficient (Wildman–Crippen LogP) is 2.49. The second-order valence-electron chi connectivity index (χ2n) is 4.64. The summed E-state index contributed by atoms with van der Waals surface area (Å²) in [7, 11) is 1.44. The summed E-state index contributed by atoms with van der Waals surface area (Å²) in [6, 6.07) is 3.30. The molecule has 2 amide bonds. The fraction of sp³-hybridized carbons (Fsp3) is 0.200. The molecule has 1 heterocycles. The molecule has 0 saturated carbocycles. The molecule has 0 spiro atoms. The molecule has 1 N–H and O–H groups in total. The number of hydrogen-bond donors (Lipinski definition) is 1. The van der Waals surface area contributed by atoms with Crippen LogP contribution in [0.3, 0.4) is 0 Å². The summed E-state index contributed by atoms with van der Waals surface area (Å²) < 4.78 is 10.8. The van der Waals surface area contributed by atoms with Crippen molar-refractivity contribution < 1.29 is 23.9 Å². The standard InChI is InChI=1S/C15H13BrN2O5S/c1-7(19)17-15-18-14(21)12(24-15)6-9-4-10(16)13(23-8(2)20)11(5-9)22-3/h4-6H,1-3H3,(H,17,18,19,21). The average molecular weight is 413 g/mol. The van der Waals surface area contributed by atoms with Gasteiger partial charge in [-0.2, -0.15) is 4.99 Å². The molecule has 0 fully saturated rings. The Kier molecular flexibility index (Phi) is 5.79. The Morgan fingerprint density at radius 1 is 1.33 bits per heavy atom. The van der Waals surface area contributed by atoms with Gasteiger partial charge in [0.15, 0.2) is 16.7 Å². The van der Waals surface area contributed by atoms with E-state index in [1.807, 2.05) is 0 Å². The number of carbonyl (C=O) groups is 3. The van der Waals surface area contributed by atoms with Gasteiger partial charge in [0.05, 0.1) is 16.5 Å². The maximum atomic E-state index is 11.9. The van der Waals surface area contributed by atoms with E-state index >= 15 is 0 Å². The Bertz CT molecular complexity index is 788. The molecule has 1 aliphatic rings. The van der Waals surface area contributed by atoms with Crippen molar-refractivity contribution in [2.24, 2.45) is 4.99 Å². The van der Waals surface area contributed by atoms with Crippen molar-refractivity contribution in [2.45, 2.75) is 13.8 Å². The molecule has 1 aromatic rings. The minimum atomic E-state index is -0.477. The summed E-state index contributed by atoms with van der Waals surface area (Å²) >= 11 is 4.38. The first-order valence-corrected chi connectivity index (χ1v) is 8.27. The molecule has 9 heteroatoms. The maximum absolute atomic E-state index is 11.9. The number of hydrogen-bond acceptors (Lipinski definition) is 6. The van der Waals surface area contributed by atoms with Gasteiger partial charge in [0, 0.05) is 13.8 Å². The minimum Gasteiger partial charge on any atom is -0.493 e. The normalized spacial score (nSPS) is 15.2. The van der Waals surface area contributed by atoms with Gasteiger partial charge in [0.2, 0.25) is 5.91 Å². The van der Waals surface area contributed by atoms with Crippen molar-refractivity contribution in [1.29, 1.82) is 0 Å². The first-order valence-electron chi connectivity index (χ1n) is 6.66. The second kappa shape index (κ2) is 7.63. The first-order chi connectivity index (χ1) is 11.3. The fourth-order valence-electron chi connectivity index (χ4n) is 1.83. The zero-order valence-corrected chi connectivity index (χ0v) is 15.4. The minimum absolute atomic E-state index is 0.237. The number of rotatable bonds is 3. The summed E-state index contributed by atoms with van der Waals surface area (Å²) in [5, 5.41) is 2.71. The first kappa shape index (κ1) is 18.2. The lowest BCUT2D eigenvalue weighted by molar-refractivity contribution is -0.132. The highest BCUT2D eigenvalue weighted by Crippen LogP contribution is 2.38. The van der Waals surface area contributed by atoms with Crippen molar-refractivity contribution >= 4 is 56.7 Å². The third-order valence-electron chi connectivity index (χ3n) is 2.70. The molecule has 126 valence electrons. The highest BCUT2D eigenvalue weighted by atomic mass is 79.9. The topological polar surface area (TPSA) is 94.1 Å². The highest BCUT2D eigenvalue weighted by molar-refractivity contribution is 9.10. The van der Waals surface area contributed by atoms with Gasteiger partial charge in [-0.05, 0) is 51.5 Å². The number of amidine groups is 1. The van der Waals surface area contributed by atoms with Gasteiger partial charge in [-0.15, -0.1) is 0 Å². The van der Waals surface area contributed by atoms with E-state index in [0.717, 1.165) is 11.8 Å². The molecule has 0 saturated heterocycles. The van der Waals surface area contributed by atoms with Gasteiger partial charge in [-0.1, -0.05) is 0 Å². The Hall–Kier alpha value is -2.13. The van der Waals surface area contributed by atoms with Crippen molar-refractivity contribution in [3.05, 3.63) is 27.1 Å². The molecular formula is C15H13BrN2O5S. The van der Waals surface area contributed by atoms with E-state index in [4.69, 9.17) is 9.47 Å². The van der Waals surface area contributed by atoms with E-state index in [-0.39, 0.29) is 16.8 Å². The Morgan fingerprint density at radius 2 is 2.04 bits per heavy atom. The zero-order valence-electron chi connectivity index (χ0n) is 13.0. The molecule has 0 bridgehead atoms. The van der Waals surface area contributed by atoms with Gasteiger partial charge in [-0.25, -0.2) is 0 Å². The number of halogens is 1. The van der Waals surface area contributed by atoms with Crippen LogP contribution in [0.4, 0.5) is 0 Å². The van der Waals surface area contributed by atoms with Crippen LogP contribution in [0.15, 0.2) is 26.5 Å². The smallest absolute Gasteiger partial charge is 0.308 e. The number of nitrogens with one attached hydrogen (secondary N) is 1. The molecule has 0 aliphatic carbocycles. The molecule has 1 aromatic carbocycles. The van der Waals surface area contributed by atoms with Gasteiger partial charge in [-0.3, -0.25) is 14.4 Å². The quantitative estimate of drug-likeness (QED) is 0.465. The Labute approximate surface area is 150 Å². The number of aliphatic imine (C=N–C) groups is 1. The number of ether oxygens (including phenoxy) is 2. The number of thioether (sulfide) groups is 1. The predicted molar refractivity (Wildman–Crippen MR) is 93.8 cm³/mol. The van der Waals surface area contributed by atoms with Crippen LogP contribution in [0, 0.1) is 0 Å². The van der Waals surface area contributed by atoms with Crippen LogP contribution in [0.25, 0.3) is 6.08 Å². The van der Waals surface area contributed by atoms with E-state index in [1.54, 1.807) is 18.2 Å². The number of carbonyl (C=O) groups excluding carboxylic acids is 3. The SMILES string of the molecule is COc1cc(C=C2SC(NC(C)=O)=NC2=O)cc(Br)c1OC(C)=O. The van der Waals surface area contributed by atoms with Crippen molar-refractivity contribution in [2.75, 3.05) is 7.11 Å². The van der Waals surface area contributed by atoms with E-state index in [9.17, 15) is 14.4 Å². The van der Waals surface area contributed by atoms with Crippen molar-refractivity contribution in [3.8, 4) is 11.5 Å². The second-order valence-corrected chi connectivity index (χ2v) is 6.53. The maximum Gasteiger partial charge on any atom is 0.308 e. The van der Waals surface area contributed by atoms with Crippen LogP contribution in [0.2, 0.25) is 0 Å². The van der Waals surface area contributed by atoms with Gasteiger partial charge >= 0.3 is 5.97 Å². The zero-order chi connectivity index (χ0) is 17.9. The van der Waals surface area contributed by atoms with Crippen LogP contribution < -0.4 is 14.8 Å². The van der Waals surface area contributed by atoms with Crippen molar-refractivity contribution in [3.63, 3.8) is 0 Å². The molecule has 0 atom stereocenters. The van der Waals surface area contributed by atoms with E-state index in [0.29, 0.717) is 20.7 Å². The van der Waals surface area contributed by atoms with Gasteiger partial charge in [0.1, 0.15) is 0 Å². The lowest BCUT2D eigenvalue weighted by Gasteiger charge is -2.11. The summed E-state index contributed by atoms with van der Waals surface area (Å²) in [4.78, 5) is 38.2. The van der Waals surface area contributed by atoms with E-state index in [1.165, 1.54) is 21.0 Å². The van der Waals surface area contributed by atoms with E-state index in [2.05, 4.69) is 26.2 Å². The molecule has 0 aromatic heterocycles. The number of esters is 1. The molecule has 0 unspecified atom stereocenters. The third-order valence-corrected chi connectivity index (χ3v) is 4.19. The largest absolute Gasteiger partial charge is 0.493 e. The lowest BCUT2D eigenvalue weighted by atomic mass is 10.2. The number of nitrogens with zero attached hydrogens (tertiary/aromatic N) is 1. The molecule has 1 aliphatic heterocycles. The van der Waals surface area contributed by atoms with Crippen LogP contribution in [-0.2, 0) is 14.4 Å². The number of methoxy groups -OCH3 is 1. The Balaban J connectivity index is 2.31. The fourth-order valence-corrected chi connectivity index (χ4v) is 3.23. The van der Waals surface area contributed by atoms with Crippen LogP contribution in [-0.4, -0.2) is 30.1 Å². The summed E-state index contributed by atoms with van der Waals surface area (Å²) in [6.45, 7) is 2.63. The summed E-state index contributed by atoms with van der Waals surface area (Å²) in [6.07, 6.45) is 1.61.